The summed E-state index contributed by atoms with van der Waals surface area (Å²) < 4.78 is 0. The van der Waals surface area contributed by atoms with Crippen LogP contribution in [0.3, 0.4) is 0 Å². The first-order valence-corrected chi connectivity index (χ1v) is 11.5. The largest absolute Gasteiger partial charge is 0.465 e. The van der Waals surface area contributed by atoms with Gasteiger partial charge in [0.25, 0.3) is 0 Å². The zero-order chi connectivity index (χ0) is 20.9. The average Bonchev–Trinajstić information content (AvgIpc) is 2.62. The summed E-state index contributed by atoms with van der Waals surface area (Å²) in [5.41, 5.74) is 1.18. The maximum Gasteiger partial charge on any atom is 0.412 e. The Hall–Kier alpha value is -1.75. The Kier molecular flexibility index (Phi) is 7.44. The minimum Gasteiger partial charge on any atom is -0.465 e. The van der Waals surface area contributed by atoms with E-state index in [1.807, 2.05) is 45.0 Å². The van der Waals surface area contributed by atoms with E-state index in [0.717, 1.165) is 43.3 Å². The molecule has 162 valence electrons. The summed E-state index contributed by atoms with van der Waals surface area (Å²) in [5, 5.41) is 13.5. The van der Waals surface area contributed by atoms with Gasteiger partial charge >= 0.3 is 6.09 Å². The van der Waals surface area contributed by atoms with Gasteiger partial charge in [-0.05, 0) is 58.6 Å². The van der Waals surface area contributed by atoms with Crippen LogP contribution in [0.2, 0.25) is 0 Å². The standard InChI is InChI=1S/C24H39N3O2/c1-24(2,3)27(23(28)29)22-14-10-9-13-21(22)25-19-15-17-26(18-16-19)20-11-7-5-4-6-8-12-20/h9-10,13-14,19-20,25H,4-8,11-12,15-18H2,1-3H3,(H,28,29). The molecule has 1 aromatic rings. The van der Waals surface area contributed by atoms with Gasteiger partial charge in [-0.1, -0.05) is 44.2 Å². The second kappa shape index (κ2) is 9.84. The predicted molar refractivity (Wildman–Crippen MR) is 121 cm³/mol. The number of anilines is 2. The van der Waals surface area contributed by atoms with Gasteiger partial charge in [0.15, 0.2) is 0 Å². The zero-order valence-electron chi connectivity index (χ0n) is 18.5. The topological polar surface area (TPSA) is 55.8 Å². The molecule has 5 heteroatoms. The van der Waals surface area contributed by atoms with E-state index in [1.54, 1.807) is 0 Å². The van der Waals surface area contributed by atoms with Crippen molar-refractivity contribution in [1.82, 2.24) is 4.90 Å². The smallest absolute Gasteiger partial charge is 0.412 e. The first-order valence-electron chi connectivity index (χ1n) is 11.5. The lowest BCUT2D eigenvalue weighted by Crippen LogP contribution is -2.46. The SMILES string of the molecule is CC(C)(C)N(C(=O)O)c1ccccc1NC1CCN(C2CCCCCCC2)CC1. The second-order valence-corrected chi connectivity index (χ2v) is 9.76. The third-order valence-corrected chi connectivity index (χ3v) is 6.49. The lowest BCUT2D eigenvalue weighted by atomic mass is 9.93. The van der Waals surface area contributed by atoms with E-state index >= 15 is 0 Å². The van der Waals surface area contributed by atoms with Crippen molar-refractivity contribution in [3.63, 3.8) is 0 Å². The van der Waals surface area contributed by atoms with E-state index in [2.05, 4.69) is 10.2 Å². The molecule has 0 spiro atoms. The van der Waals surface area contributed by atoms with Gasteiger partial charge in [0.1, 0.15) is 0 Å². The molecule has 1 aliphatic heterocycles. The number of carbonyl (C=O) groups is 1. The van der Waals surface area contributed by atoms with E-state index in [9.17, 15) is 9.90 Å². The molecule has 0 radical (unpaired) electrons. The Bertz CT molecular complexity index is 654. The minimum absolute atomic E-state index is 0.400. The number of rotatable bonds is 4. The maximum absolute atomic E-state index is 12.0. The van der Waals surface area contributed by atoms with Gasteiger partial charge in [0.05, 0.1) is 11.4 Å². The summed E-state index contributed by atoms with van der Waals surface area (Å²) in [6.07, 6.45) is 11.0. The summed E-state index contributed by atoms with van der Waals surface area (Å²) in [6.45, 7) is 8.10. The van der Waals surface area contributed by atoms with Crippen LogP contribution >= 0.6 is 0 Å². The van der Waals surface area contributed by atoms with Gasteiger partial charge in [-0.3, -0.25) is 4.90 Å². The third-order valence-electron chi connectivity index (χ3n) is 6.49. The maximum atomic E-state index is 12.0. The molecule has 0 atom stereocenters. The van der Waals surface area contributed by atoms with Crippen LogP contribution in [-0.2, 0) is 0 Å². The summed E-state index contributed by atoms with van der Waals surface area (Å²) in [7, 11) is 0. The highest BCUT2D eigenvalue weighted by Gasteiger charge is 2.31. The van der Waals surface area contributed by atoms with Gasteiger partial charge in [-0.25, -0.2) is 4.79 Å². The summed E-state index contributed by atoms with van der Waals surface area (Å²) in [5.74, 6) is 0. The molecule has 0 bridgehead atoms. The molecule has 2 N–H and O–H groups in total. The number of nitrogens with one attached hydrogen (secondary N) is 1. The van der Waals surface area contributed by atoms with Crippen LogP contribution in [0.1, 0.15) is 78.6 Å². The fourth-order valence-electron chi connectivity index (χ4n) is 4.97. The molecule has 29 heavy (non-hydrogen) atoms. The van der Waals surface area contributed by atoms with Crippen molar-refractivity contribution >= 4 is 17.5 Å². The zero-order valence-corrected chi connectivity index (χ0v) is 18.5. The number of amides is 1. The average molecular weight is 402 g/mol. The molecule has 1 aromatic carbocycles. The minimum atomic E-state index is -0.911. The van der Waals surface area contributed by atoms with Crippen molar-refractivity contribution in [3.05, 3.63) is 24.3 Å². The number of nitrogens with zero attached hydrogens (tertiary/aromatic N) is 2. The molecule has 1 saturated carbocycles. The van der Waals surface area contributed by atoms with Gasteiger partial charge in [0.2, 0.25) is 0 Å². The van der Waals surface area contributed by atoms with E-state index in [-0.39, 0.29) is 0 Å². The van der Waals surface area contributed by atoms with Crippen LogP contribution in [0, 0.1) is 0 Å². The van der Waals surface area contributed by atoms with Crippen LogP contribution in [0.15, 0.2) is 24.3 Å². The van der Waals surface area contributed by atoms with Crippen molar-refractivity contribution < 1.29 is 9.90 Å². The summed E-state index contributed by atoms with van der Waals surface area (Å²) in [4.78, 5) is 16.1. The number of para-hydroxylation sites is 2. The van der Waals surface area contributed by atoms with E-state index in [4.69, 9.17) is 0 Å². The molecule has 2 aliphatic rings. The highest BCUT2D eigenvalue weighted by molar-refractivity contribution is 5.92. The van der Waals surface area contributed by atoms with E-state index < -0.39 is 11.6 Å². The van der Waals surface area contributed by atoms with Gasteiger partial charge < -0.3 is 15.3 Å². The summed E-state index contributed by atoms with van der Waals surface area (Å²) in [6, 6.07) is 8.99. The number of hydrogen-bond donors (Lipinski definition) is 2. The Morgan fingerprint density at radius 3 is 2.17 bits per heavy atom. The van der Waals surface area contributed by atoms with Crippen molar-refractivity contribution in [2.24, 2.45) is 0 Å². The van der Waals surface area contributed by atoms with Gasteiger partial charge in [-0.2, -0.15) is 0 Å². The van der Waals surface area contributed by atoms with Crippen molar-refractivity contribution in [2.45, 2.75) is 96.2 Å². The predicted octanol–water partition coefficient (Wildman–Crippen LogP) is 5.96. The number of benzene rings is 1. The lowest BCUT2D eigenvalue weighted by molar-refractivity contribution is 0.133. The molecule has 1 aliphatic carbocycles. The number of piperidine rings is 1. The molecule has 1 amide bonds. The third kappa shape index (κ3) is 5.88. The van der Waals surface area contributed by atoms with Crippen LogP contribution < -0.4 is 10.2 Å². The van der Waals surface area contributed by atoms with Crippen molar-refractivity contribution in [3.8, 4) is 0 Å². The highest BCUT2D eigenvalue weighted by Crippen LogP contribution is 2.33. The van der Waals surface area contributed by atoms with Crippen LogP contribution in [0.4, 0.5) is 16.2 Å². The molecule has 1 heterocycles. The summed E-state index contributed by atoms with van der Waals surface area (Å²) >= 11 is 0. The molecule has 2 fully saturated rings. The fraction of sp³-hybridized carbons (Fsp3) is 0.708. The molecule has 0 unspecified atom stereocenters. The lowest BCUT2D eigenvalue weighted by Gasteiger charge is -2.40. The Morgan fingerprint density at radius 1 is 1.00 bits per heavy atom. The normalized spacial score (nSPS) is 20.7. The molecule has 5 nitrogen and oxygen atoms in total. The second-order valence-electron chi connectivity index (χ2n) is 9.76. The first-order chi connectivity index (χ1) is 13.9. The monoisotopic (exact) mass is 401 g/mol. The van der Waals surface area contributed by atoms with Crippen LogP contribution in [0.25, 0.3) is 0 Å². The number of hydrogen-bond acceptors (Lipinski definition) is 3. The van der Waals surface area contributed by atoms with Crippen molar-refractivity contribution in [1.29, 1.82) is 0 Å². The number of carboxylic acid groups (broad SMARTS) is 1. The fourth-order valence-corrected chi connectivity index (χ4v) is 4.97. The van der Waals surface area contributed by atoms with Crippen molar-refractivity contribution in [2.75, 3.05) is 23.3 Å². The Morgan fingerprint density at radius 2 is 1.59 bits per heavy atom. The van der Waals surface area contributed by atoms with E-state index in [1.165, 1.54) is 49.8 Å². The molecular formula is C24H39N3O2. The quantitative estimate of drug-likeness (QED) is 0.654. The van der Waals surface area contributed by atoms with Crippen LogP contribution in [0.5, 0.6) is 0 Å². The first kappa shape index (κ1) is 21.9. The van der Waals surface area contributed by atoms with Crippen LogP contribution in [-0.4, -0.2) is 46.8 Å². The molecular weight excluding hydrogens is 362 g/mol. The molecule has 0 aromatic heterocycles. The highest BCUT2D eigenvalue weighted by atomic mass is 16.4. The van der Waals surface area contributed by atoms with E-state index in [0.29, 0.717) is 6.04 Å². The Balaban J connectivity index is 1.63. The number of likely N-dealkylation sites (tertiary alicyclic amines) is 1. The molecule has 1 saturated heterocycles. The van der Waals surface area contributed by atoms with Gasteiger partial charge in [-0.15, -0.1) is 0 Å². The van der Waals surface area contributed by atoms with Gasteiger partial charge in [0, 0.05) is 30.7 Å². The molecule has 3 rings (SSSR count). The Labute approximate surface area is 176 Å².